The Bertz CT molecular complexity index is 614. The van der Waals surface area contributed by atoms with Crippen LogP contribution in [0.4, 0.5) is 5.69 Å². The van der Waals surface area contributed by atoms with Gasteiger partial charge in [-0.05, 0) is 51.8 Å². The van der Waals surface area contributed by atoms with E-state index in [1.54, 1.807) is 36.7 Å². The molecule has 0 fully saturated rings. The Balaban J connectivity index is 2.02. The molecule has 1 amide bonds. The Hall–Kier alpha value is -1.65. The van der Waals surface area contributed by atoms with Gasteiger partial charge >= 0.3 is 0 Å². The van der Waals surface area contributed by atoms with Crippen LogP contribution in [0.15, 0.2) is 53.3 Å². The first-order valence-corrected chi connectivity index (χ1v) is 6.66. The van der Waals surface area contributed by atoms with Crippen molar-refractivity contribution in [3.63, 3.8) is 0 Å². The SMILES string of the molecule is O=C(/C=C/c1ccc(Br)c(Cl)c1)Nc1ccncc1. The molecule has 3 nitrogen and oxygen atoms in total. The van der Waals surface area contributed by atoms with Crippen molar-refractivity contribution < 1.29 is 4.79 Å². The Labute approximate surface area is 124 Å². The van der Waals surface area contributed by atoms with Gasteiger partial charge in [-0.25, -0.2) is 0 Å². The molecule has 0 saturated carbocycles. The second-order valence-corrected chi connectivity index (χ2v) is 4.99. The molecule has 2 rings (SSSR count). The zero-order valence-electron chi connectivity index (χ0n) is 9.81. The maximum atomic E-state index is 11.7. The van der Waals surface area contributed by atoms with E-state index in [-0.39, 0.29) is 5.91 Å². The van der Waals surface area contributed by atoms with Gasteiger partial charge in [0.15, 0.2) is 0 Å². The number of benzene rings is 1. The molecular formula is C14H10BrClN2O. The summed E-state index contributed by atoms with van der Waals surface area (Å²) in [4.78, 5) is 15.6. The van der Waals surface area contributed by atoms with Crippen molar-refractivity contribution in [2.24, 2.45) is 0 Å². The smallest absolute Gasteiger partial charge is 0.248 e. The van der Waals surface area contributed by atoms with Crippen molar-refractivity contribution >= 4 is 45.2 Å². The van der Waals surface area contributed by atoms with Crippen molar-refractivity contribution in [1.82, 2.24) is 4.98 Å². The van der Waals surface area contributed by atoms with Crippen LogP contribution in [0.3, 0.4) is 0 Å². The van der Waals surface area contributed by atoms with Crippen molar-refractivity contribution in [3.05, 3.63) is 63.9 Å². The molecule has 0 bridgehead atoms. The van der Waals surface area contributed by atoms with E-state index in [1.165, 1.54) is 6.08 Å². The summed E-state index contributed by atoms with van der Waals surface area (Å²) in [5.41, 5.74) is 1.57. The normalized spacial score (nSPS) is 10.6. The number of hydrogen-bond acceptors (Lipinski definition) is 2. The van der Waals surface area contributed by atoms with E-state index in [4.69, 9.17) is 11.6 Å². The predicted molar refractivity (Wildman–Crippen MR) is 81.1 cm³/mol. The highest BCUT2D eigenvalue weighted by Crippen LogP contribution is 2.23. The number of amides is 1. The van der Waals surface area contributed by atoms with Gasteiger partial charge in [-0.1, -0.05) is 17.7 Å². The fourth-order valence-electron chi connectivity index (χ4n) is 1.41. The third-order valence-electron chi connectivity index (χ3n) is 2.32. The van der Waals surface area contributed by atoms with Crippen molar-refractivity contribution in [2.45, 2.75) is 0 Å². The summed E-state index contributed by atoms with van der Waals surface area (Å²) >= 11 is 9.28. The Kier molecular flexibility index (Phi) is 4.71. The minimum atomic E-state index is -0.203. The van der Waals surface area contributed by atoms with Gasteiger partial charge in [0.1, 0.15) is 0 Å². The number of nitrogens with one attached hydrogen (secondary N) is 1. The second-order valence-electron chi connectivity index (χ2n) is 3.73. The number of carbonyl (C=O) groups excluding carboxylic acids is 1. The molecule has 2 aromatic rings. The Morgan fingerprint density at radius 2 is 2.00 bits per heavy atom. The van der Waals surface area contributed by atoms with Crippen LogP contribution >= 0.6 is 27.5 Å². The molecule has 0 atom stereocenters. The van der Waals surface area contributed by atoms with Crippen LogP contribution in [0, 0.1) is 0 Å². The van der Waals surface area contributed by atoms with Crippen LogP contribution in [-0.4, -0.2) is 10.9 Å². The molecule has 0 aliphatic rings. The summed E-state index contributed by atoms with van der Waals surface area (Å²) in [5.74, 6) is -0.203. The number of rotatable bonds is 3. The molecule has 0 aliphatic carbocycles. The Morgan fingerprint density at radius 1 is 1.26 bits per heavy atom. The fourth-order valence-corrected chi connectivity index (χ4v) is 1.84. The zero-order valence-corrected chi connectivity index (χ0v) is 12.1. The largest absolute Gasteiger partial charge is 0.322 e. The highest BCUT2D eigenvalue weighted by Gasteiger charge is 1.99. The number of aromatic nitrogens is 1. The van der Waals surface area contributed by atoms with Gasteiger partial charge in [-0.3, -0.25) is 9.78 Å². The number of halogens is 2. The quantitative estimate of drug-likeness (QED) is 0.855. The average Bonchev–Trinajstić information content (AvgIpc) is 2.41. The van der Waals surface area contributed by atoms with Gasteiger partial charge < -0.3 is 5.32 Å². The van der Waals surface area contributed by atoms with Gasteiger partial charge in [-0.2, -0.15) is 0 Å². The lowest BCUT2D eigenvalue weighted by Gasteiger charge is -2.01. The topological polar surface area (TPSA) is 42.0 Å². The standard InChI is InChI=1S/C14H10BrClN2O/c15-12-3-1-10(9-13(12)16)2-4-14(19)18-11-5-7-17-8-6-11/h1-9H,(H,17,18,19)/b4-2+. The van der Waals surface area contributed by atoms with E-state index < -0.39 is 0 Å². The van der Waals surface area contributed by atoms with Crippen molar-refractivity contribution in [2.75, 3.05) is 5.32 Å². The van der Waals surface area contributed by atoms with E-state index in [2.05, 4.69) is 26.2 Å². The van der Waals surface area contributed by atoms with E-state index in [9.17, 15) is 4.79 Å². The molecule has 96 valence electrons. The van der Waals surface area contributed by atoms with E-state index in [0.29, 0.717) is 10.7 Å². The molecule has 0 spiro atoms. The lowest BCUT2D eigenvalue weighted by molar-refractivity contribution is -0.111. The number of carbonyl (C=O) groups is 1. The molecule has 0 saturated heterocycles. The lowest BCUT2D eigenvalue weighted by atomic mass is 10.2. The molecule has 19 heavy (non-hydrogen) atoms. The fraction of sp³-hybridized carbons (Fsp3) is 0. The van der Waals surface area contributed by atoms with Crippen LogP contribution in [-0.2, 0) is 4.79 Å². The first-order valence-electron chi connectivity index (χ1n) is 5.49. The van der Waals surface area contributed by atoms with Crippen LogP contribution < -0.4 is 5.32 Å². The summed E-state index contributed by atoms with van der Waals surface area (Å²) in [7, 11) is 0. The van der Waals surface area contributed by atoms with Gasteiger partial charge in [0, 0.05) is 28.6 Å². The average molecular weight is 338 g/mol. The third kappa shape index (κ3) is 4.19. The number of pyridine rings is 1. The molecule has 0 unspecified atom stereocenters. The van der Waals surface area contributed by atoms with E-state index in [0.717, 1.165) is 10.0 Å². The molecule has 1 N–H and O–H groups in total. The molecule has 1 heterocycles. The first kappa shape index (κ1) is 13.8. The van der Waals surface area contributed by atoms with Crippen LogP contribution in [0.1, 0.15) is 5.56 Å². The second kappa shape index (κ2) is 6.50. The monoisotopic (exact) mass is 336 g/mol. The summed E-state index contributed by atoms with van der Waals surface area (Å²) in [6.07, 6.45) is 6.40. The van der Waals surface area contributed by atoms with Gasteiger partial charge in [-0.15, -0.1) is 0 Å². The minimum Gasteiger partial charge on any atom is -0.322 e. The summed E-state index contributed by atoms with van der Waals surface area (Å²) in [6, 6.07) is 8.93. The lowest BCUT2D eigenvalue weighted by Crippen LogP contribution is -2.07. The van der Waals surface area contributed by atoms with Crippen LogP contribution in [0.25, 0.3) is 6.08 Å². The van der Waals surface area contributed by atoms with Gasteiger partial charge in [0.25, 0.3) is 0 Å². The number of hydrogen-bond donors (Lipinski definition) is 1. The molecular weight excluding hydrogens is 328 g/mol. The highest BCUT2D eigenvalue weighted by atomic mass is 79.9. The predicted octanol–water partition coefficient (Wildman–Crippen LogP) is 4.15. The van der Waals surface area contributed by atoms with Crippen LogP contribution in [0.5, 0.6) is 0 Å². The van der Waals surface area contributed by atoms with E-state index >= 15 is 0 Å². The molecule has 1 aromatic carbocycles. The van der Waals surface area contributed by atoms with Crippen molar-refractivity contribution in [3.8, 4) is 0 Å². The Morgan fingerprint density at radius 3 is 2.68 bits per heavy atom. The number of anilines is 1. The van der Waals surface area contributed by atoms with Gasteiger partial charge in [0.05, 0.1) is 5.02 Å². The third-order valence-corrected chi connectivity index (χ3v) is 3.55. The maximum Gasteiger partial charge on any atom is 0.248 e. The van der Waals surface area contributed by atoms with Crippen LogP contribution in [0.2, 0.25) is 5.02 Å². The highest BCUT2D eigenvalue weighted by molar-refractivity contribution is 9.10. The molecule has 5 heteroatoms. The van der Waals surface area contributed by atoms with E-state index in [1.807, 2.05) is 12.1 Å². The van der Waals surface area contributed by atoms with Crippen molar-refractivity contribution in [1.29, 1.82) is 0 Å². The molecule has 0 radical (unpaired) electrons. The minimum absolute atomic E-state index is 0.203. The first-order chi connectivity index (χ1) is 9.15. The van der Waals surface area contributed by atoms with Gasteiger partial charge in [0.2, 0.25) is 5.91 Å². The molecule has 0 aliphatic heterocycles. The molecule has 1 aromatic heterocycles. The maximum absolute atomic E-state index is 11.7. The summed E-state index contributed by atoms with van der Waals surface area (Å²) < 4.78 is 0.826. The summed E-state index contributed by atoms with van der Waals surface area (Å²) in [6.45, 7) is 0. The number of nitrogens with zero attached hydrogens (tertiary/aromatic N) is 1. The zero-order chi connectivity index (χ0) is 13.7. The summed E-state index contributed by atoms with van der Waals surface area (Å²) in [5, 5.41) is 3.34.